The van der Waals surface area contributed by atoms with E-state index in [4.69, 9.17) is 4.74 Å². The third-order valence-electron chi connectivity index (χ3n) is 7.65. The molecule has 4 rings (SSSR count). The van der Waals surface area contributed by atoms with Crippen LogP contribution in [0.1, 0.15) is 71.6 Å². The van der Waals surface area contributed by atoms with Gasteiger partial charge < -0.3 is 4.74 Å². The normalized spacial score (nSPS) is 54.6. The lowest BCUT2D eigenvalue weighted by atomic mass is 9.46. The van der Waals surface area contributed by atoms with Gasteiger partial charge in [-0.2, -0.15) is 0 Å². The second-order valence-electron chi connectivity index (χ2n) is 8.43. The van der Waals surface area contributed by atoms with Crippen LogP contribution in [0.3, 0.4) is 0 Å². The van der Waals surface area contributed by atoms with Crippen LogP contribution in [-0.2, 0) is 9.53 Å². The number of hydrogen-bond donors (Lipinski definition) is 0. The fourth-order valence-corrected chi connectivity index (χ4v) is 6.56. The van der Waals surface area contributed by atoms with E-state index in [0.717, 1.165) is 24.2 Å². The van der Waals surface area contributed by atoms with Gasteiger partial charge in [-0.15, -0.1) is 0 Å². The van der Waals surface area contributed by atoms with Gasteiger partial charge in [-0.1, -0.05) is 19.8 Å². The Balaban J connectivity index is 1.65. The summed E-state index contributed by atoms with van der Waals surface area (Å²) in [6.45, 7) is 4.78. The first-order valence-electron chi connectivity index (χ1n) is 8.75. The maximum atomic E-state index is 11.8. The zero-order valence-corrected chi connectivity index (χ0v) is 13.0. The highest BCUT2D eigenvalue weighted by Gasteiger charge is 2.59. The van der Waals surface area contributed by atoms with Crippen molar-refractivity contribution in [3.63, 3.8) is 0 Å². The van der Waals surface area contributed by atoms with Crippen molar-refractivity contribution in [2.75, 3.05) is 0 Å². The number of esters is 1. The lowest BCUT2D eigenvalue weighted by molar-refractivity contribution is -0.158. The summed E-state index contributed by atoms with van der Waals surface area (Å²) < 4.78 is 5.73. The van der Waals surface area contributed by atoms with Gasteiger partial charge in [-0.25, -0.2) is 0 Å². The van der Waals surface area contributed by atoms with Crippen LogP contribution in [0.15, 0.2) is 0 Å². The minimum Gasteiger partial charge on any atom is -0.459 e. The van der Waals surface area contributed by atoms with Crippen molar-refractivity contribution >= 4 is 5.97 Å². The fourth-order valence-electron chi connectivity index (χ4n) is 6.56. The summed E-state index contributed by atoms with van der Waals surface area (Å²) in [5, 5.41) is 0. The Kier molecular flexibility index (Phi) is 2.79. The molecule has 0 amide bonds. The molecule has 0 bridgehead atoms. The molecule has 6 unspecified atom stereocenters. The van der Waals surface area contributed by atoms with Gasteiger partial charge in [0.2, 0.25) is 0 Å². The summed E-state index contributed by atoms with van der Waals surface area (Å²) in [6, 6.07) is 0. The fraction of sp³-hybridized carbons (Fsp3) is 0.944. The Morgan fingerprint density at radius 1 is 1.00 bits per heavy atom. The predicted octanol–water partition coefficient (Wildman–Crippen LogP) is 4.32. The number of ether oxygens (including phenoxy) is 1. The summed E-state index contributed by atoms with van der Waals surface area (Å²) in [7, 11) is 0. The minimum absolute atomic E-state index is 0.0640. The lowest BCUT2D eigenvalue weighted by Crippen LogP contribution is -2.53. The van der Waals surface area contributed by atoms with Gasteiger partial charge in [0.15, 0.2) is 0 Å². The van der Waals surface area contributed by atoms with Crippen molar-refractivity contribution in [1.82, 2.24) is 0 Å². The Morgan fingerprint density at radius 3 is 2.70 bits per heavy atom. The zero-order valence-electron chi connectivity index (χ0n) is 13.0. The molecule has 0 spiro atoms. The van der Waals surface area contributed by atoms with E-state index in [-0.39, 0.29) is 11.6 Å². The SMILES string of the molecule is CC12CCC3C(CCC4CCCCC43C)C1CC(=O)O2. The quantitative estimate of drug-likeness (QED) is 0.616. The first-order chi connectivity index (χ1) is 9.53. The first-order valence-corrected chi connectivity index (χ1v) is 8.75. The molecule has 1 saturated heterocycles. The third kappa shape index (κ3) is 1.66. The molecule has 0 aromatic rings. The van der Waals surface area contributed by atoms with Gasteiger partial charge >= 0.3 is 5.97 Å². The molecule has 3 aliphatic carbocycles. The molecule has 3 saturated carbocycles. The van der Waals surface area contributed by atoms with Crippen LogP contribution >= 0.6 is 0 Å². The molecule has 4 fully saturated rings. The number of carbonyl (C=O) groups excluding carboxylic acids is 1. The second kappa shape index (κ2) is 4.24. The molecule has 0 aromatic carbocycles. The molecular formula is C18H28O2. The van der Waals surface area contributed by atoms with Gasteiger partial charge in [0.05, 0.1) is 6.42 Å². The average molecular weight is 276 g/mol. The van der Waals surface area contributed by atoms with Crippen LogP contribution in [0.2, 0.25) is 0 Å². The molecule has 0 radical (unpaired) electrons. The van der Waals surface area contributed by atoms with Gasteiger partial charge in [0, 0.05) is 5.92 Å². The van der Waals surface area contributed by atoms with Gasteiger partial charge in [-0.05, 0) is 68.6 Å². The van der Waals surface area contributed by atoms with E-state index in [9.17, 15) is 4.79 Å². The smallest absolute Gasteiger partial charge is 0.306 e. The predicted molar refractivity (Wildman–Crippen MR) is 78.1 cm³/mol. The number of fused-ring (bicyclic) bond motifs is 5. The molecule has 20 heavy (non-hydrogen) atoms. The number of rotatable bonds is 0. The van der Waals surface area contributed by atoms with Crippen LogP contribution in [0, 0.1) is 29.1 Å². The highest BCUT2D eigenvalue weighted by atomic mass is 16.6. The number of carbonyl (C=O) groups is 1. The zero-order chi connectivity index (χ0) is 14.0. The Morgan fingerprint density at radius 2 is 1.85 bits per heavy atom. The third-order valence-corrected chi connectivity index (χ3v) is 7.65. The highest BCUT2D eigenvalue weighted by Crippen LogP contribution is 2.63. The van der Waals surface area contributed by atoms with E-state index in [0.29, 0.717) is 17.8 Å². The maximum absolute atomic E-state index is 11.8. The molecule has 1 aliphatic heterocycles. The van der Waals surface area contributed by atoms with Gasteiger partial charge in [0.1, 0.15) is 5.60 Å². The van der Waals surface area contributed by atoms with Gasteiger partial charge in [-0.3, -0.25) is 4.79 Å². The molecule has 1 heterocycles. The molecular weight excluding hydrogens is 248 g/mol. The molecule has 2 heteroatoms. The summed E-state index contributed by atoms with van der Waals surface area (Å²) in [4.78, 5) is 11.8. The molecule has 2 nitrogen and oxygen atoms in total. The van der Waals surface area contributed by atoms with Crippen LogP contribution < -0.4 is 0 Å². The second-order valence-corrected chi connectivity index (χ2v) is 8.43. The van der Waals surface area contributed by atoms with Gasteiger partial charge in [0.25, 0.3) is 0 Å². The molecule has 0 aromatic heterocycles. The minimum atomic E-state index is -0.129. The van der Waals surface area contributed by atoms with E-state index in [1.165, 1.54) is 44.9 Å². The van der Waals surface area contributed by atoms with Crippen molar-refractivity contribution in [3.05, 3.63) is 0 Å². The van der Waals surface area contributed by atoms with E-state index in [1.54, 1.807) is 0 Å². The Hall–Kier alpha value is -0.530. The largest absolute Gasteiger partial charge is 0.459 e. The van der Waals surface area contributed by atoms with Crippen molar-refractivity contribution in [2.45, 2.75) is 77.2 Å². The monoisotopic (exact) mass is 276 g/mol. The molecule has 4 aliphatic rings. The molecule has 6 atom stereocenters. The Labute approximate surface area is 122 Å². The standard InChI is InChI=1S/C18H28O2/c1-17-9-4-3-5-12(17)6-7-13-14(17)8-10-18(2)15(13)11-16(19)20-18/h12-15H,3-11H2,1-2H3. The molecule has 0 N–H and O–H groups in total. The lowest BCUT2D eigenvalue weighted by Gasteiger charge is -2.59. The van der Waals surface area contributed by atoms with E-state index in [2.05, 4.69) is 13.8 Å². The van der Waals surface area contributed by atoms with E-state index in [1.807, 2.05) is 0 Å². The topological polar surface area (TPSA) is 26.3 Å². The van der Waals surface area contributed by atoms with Crippen molar-refractivity contribution in [2.24, 2.45) is 29.1 Å². The Bertz CT molecular complexity index is 431. The van der Waals surface area contributed by atoms with E-state index < -0.39 is 0 Å². The van der Waals surface area contributed by atoms with Crippen molar-refractivity contribution in [1.29, 1.82) is 0 Å². The average Bonchev–Trinajstić information content (AvgIpc) is 2.72. The highest BCUT2D eigenvalue weighted by molar-refractivity contribution is 5.73. The van der Waals surface area contributed by atoms with Crippen LogP contribution in [0.5, 0.6) is 0 Å². The van der Waals surface area contributed by atoms with Crippen molar-refractivity contribution < 1.29 is 9.53 Å². The van der Waals surface area contributed by atoms with Crippen LogP contribution in [-0.4, -0.2) is 11.6 Å². The summed E-state index contributed by atoms with van der Waals surface area (Å²) in [5.74, 6) is 3.14. The molecule has 112 valence electrons. The summed E-state index contributed by atoms with van der Waals surface area (Å²) in [6.07, 6.45) is 11.6. The first kappa shape index (κ1) is 13.2. The van der Waals surface area contributed by atoms with Crippen LogP contribution in [0.4, 0.5) is 0 Å². The summed E-state index contributed by atoms with van der Waals surface area (Å²) in [5.41, 5.74) is 0.435. The maximum Gasteiger partial charge on any atom is 0.306 e. The van der Waals surface area contributed by atoms with Crippen molar-refractivity contribution in [3.8, 4) is 0 Å². The van der Waals surface area contributed by atoms with E-state index >= 15 is 0 Å². The summed E-state index contributed by atoms with van der Waals surface area (Å²) >= 11 is 0. The van der Waals surface area contributed by atoms with Crippen LogP contribution in [0.25, 0.3) is 0 Å². The number of hydrogen-bond acceptors (Lipinski definition) is 2.